The lowest BCUT2D eigenvalue weighted by Gasteiger charge is -2.33. The van der Waals surface area contributed by atoms with Crippen molar-refractivity contribution in [3.05, 3.63) is 21.9 Å². The number of nitrogens with zero attached hydrogens (tertiary/aromatic N) is 1. The first-order chi connectivity index (χ1) is 9.58. The number of aliphatic carboxylic acids is 1. The highest BCUT2D eigenvalue weighted by Crippen LogP contribution is 2.37. The lowest BCUT2D eigenvalue weighted by molar-refractivity contribution is -0.142. The minimum atomic E-state index is -0.959. The van der Waals surface area contributed by atoms with E-state index in [9.17, 15) is 14.7 Å². The molecular weight excluding hydrogens is 276 g/mol. The van der Waals surface area contributed by atoms with Crippen molar-refractivity contribution in [2.75, 3.05) is 13.1 Å². The molecule has 0 aromatic carbocycles. The van der Waals surface area contributed by atoms with Gasteiger partial charge in [-0.05, 0) is 41.7 Å². The van der Waals surface area contributed by atoms with Gasteiger partial charge in [-0.1, -0.05) is 6.92 Å². The number of carbonyl (C=O) groups is 2. The van der Waals surface area contributed by atoms with Gasteiger partial charge in [0.05, 0.1) is 0 Å². The van der Waals surface area contributed by atoms with Crippen LogP contribution in [0.5, 0.6) is 0 Å². The Morgan fingerprint density at radius 3 is 2.95 bits per heavy atom. The molecule has 3 rings (SSSR count). The molecule has 2 aliphatic rings. The molecule has 1 aliphatic carbocycles. The Morgan fingerprint density at radius 2 is 2.30 bits per heavy atom. The lowest BCUT2D eigenvalue weighted by Crippen LogP contribution is -2.48. The van der Waals surface area contributed by atoms with Gasteiger partial charge in [-0.2, -0.15) is 0 Å². The summed E-state index contributed by atoms with van der Waals surface area (Å²) >= 11 is 1.57. The monoisotopic (exact) mass is 294 g/mol. The minimum absolute atomic E-state index is 0.256. The fourth-order valence-electron chi connectivity index (χ4n) is 2.80. The third-order valence-electron chi connectivity index (χ3n) is 4.25. The normalized spacial score (nSPS) is 27.9. The van der Waals surface area contributed by atoms with Gasteiger partial charge in [0.15, 0.2) is 6.04 Å². The number of thiophene rings is 1. The average molecular weight is 294 g/mol. The molecule has 1 aromatic rings. The van der Waals surface area contributed by atoms with Crippen LogP contribution in [-0.4, -0.2) is 35.1 Å². The van der Waals surface area contributed by atoms with Gasteiger partial charge in [-0.3, -0.25) is 0 Å². The summed E-state index contributed by atoms with van der Waals surface area (Å²) in [7, 11) is 0. The molecule has 0 radical (unpaired) electrons. The highest BCUT2D eigenvalue weighted by molar-refractivity contribution is 7.10. The summed E-state index contributed by atoms with van der Waals surface area (Å²) in [5.74, 6) is 0.276. The van der Waals surface area contributed by atoms with Gasteiger partial charge < -0.3 is 15.3 Å². The van der Waals surface area contributed by atoms with Crippen LogP contribution in [0.15, 0.2) is 11.4 Å². The molecular formula is C14H18N2O3S. The molecule has 108 valence electrons. The molecule has 1 aromatic heterocycles. The van der Waals surface area contributed by atoms with Gasteiger partial charge in [0, 0.05) is 18.0 Å². The van der Waals surface area contributed by atoms with Crippen LogP contribution in [0, 0.1) is 11.8 Å². The van der Waals surface area contributed by atoms with Crippen molar-refractivity contribution in [1.29, 1.82) is 0 Å². The van der Waals surface area contributed by atoms with Crippen molar-refractivity contribution in [3.8, 4) is 0 Å². The standard InChI is InChI=1S/C14H18N2O3S/c1-8-6-9(8)7-15-14(19)16-4-2-11-10(3-5-20-11)12(16)13(17)18/h3,5,8-9,12H,2,4,6-7H2,1H3,(H,15,19)(H,17,18). The number of urea groups is 1. The number of amides is 2. The summed E-state index contributed by atoms with van der Waals surface area (Å²) in [6.07, 6.45) is 1.89. The van der Waals surface area contributed by atoms with E-state index >= 15 is 0 Å². The fraction of sp³-hybridized carbons (Fsp3) is 0.571. The zero-order valence-electron chi connectivity index (χ0n) is 11.3. The third-order valence-corrected chi connectivity index (χ3v) is 5.25. The third kappa shape index (κ3) is 2.40. The largest absolute Gasteiger partial charge is 0.479 e. The summed E-state index contributed by atoms with van der Waals surface area (Å²) < 4.78 is 0. The molecule has 2 heterocycles. The molecule has 3 atom stereocenters. The van der Waals surface area contributed by atoms with Gasteiger partial charge in [0.1, 0.15) is 0 Å². The topological polar surface area (TPSA) is 69.6 Å². The second-order valence-electron chi connectivity index (χ2n) is 5.64. The SMILES string of the molecule is CC1CC1CNC(=O)N1CCc2sccc2C1C(=O)O. The van der Waals surface area contributed by atoms with Crippen LogP contribution in [0.1, 0.15) is 29.8 Å². The highest BCUT2D eigenvalue weighted by Gasteiger charge is 2.38. The van der Waals surface area contributed by atoms with Crippen molar-refractivity contribution in [2.24, 2.45) is 11.8 Å². The van der Waals surface area contributed by atoms with Gasteiger partial charge >= 0.3 is 12.0 Å². The first kappa shape index (κ1) is 13.4. The Kier molecular flexibility index (Phi) is 3.41. The van der Waals surface area contributed by atoms with Crippen LogP contribution in [0.3, 0.4) is 0 Å². The van der Waals surface area contributed by atoms with Gasteiger partial charge in [0.25, 0.3) is 0 Å². The van der Waals surface area contributed by atoms with Crippen LogP contribution in [0.4, 0.5) is 4.79 Å². The van der Waals surface area contributed by atoms with E-state index in [0.717, 1.165) is 23.3 Å². The maximum absolute atomic E-state index is 12.2. The molecule has 20 heavy (non-hydrogen) atoms. The number of hydrogen-bond donors (Lipinski definition) is 2. The smallest absolute Gasteiger partial charge is 0.331 e. The van der Waals surface area contributed by atoms with Crippen LogP contribution in [-0.2, 0) is 11.2 Å². The highest BCUT2D eigenvalue weighted by atomic mass is 32.1. The molecule has 0 spiro atoms. The van der Waals surface area contributed by atoms with Crippen LogP contribution < -0.4 is 5.32 Å². The molecule has 1 saturated carbocycles. The van der Waals surface area contributed by atoms with Gasteiger partial charge in [0.2, 0.25) is 0 Å². The van der Waals surface area contributed by atoms with Crippen LogP contribution >= 0.6 is 11.3 Å². The Morgan fingerprint density at radius 1 is 1.55 bits per heavy atom. The predicted octanol–water partition coefficient (Wildman–Crippen LogP) is 2.10. The van der Waals surface area contributed by atoms with Crippen molar-refractivity contribution in [2.45, 2.75) is 25.8 Å². The van der Waals surface area contributed by atoms with Crippen molar-refractivity contribution in [3.63, 3.8) is 0 Å². The predicted molar refractivity (Wildman–Crippen MR) is 75.8 cm³/mol. The maximum atomic E-state index is 12.2. The zero-order chi connectivity index (χ0) is 14.3. The summed E-state index contributed by atoms with van der Waals surface area (Å²) in [5.41, 5.74) is 0.767. The minimum Gasteiger partial charge on any atom is -0.479 e. The zero-order valence-corrected chi connectivity index (χ0v) is 12.2. The first-order valence-corrected chi connectivity index (χ1v) is 7.79. The first-order valence-electron chi connectivity index (χ1n) is 6.91. The van der Waals surface area contributed by atoms with Crippen molar-refractivity contribution < 1.29 is 14.7 Å². The number of nitrogens with one attached hydrogen (secondary N) is 1. The Balaban J connectivity index is 1.71. The number of carboxylic acid groups (broad SMARTS) is 1. The molecule has 1 fully saturated rings. The molecule has 3 unspecified atom stereocenters. The van der Waals surface area contributed by atoms with E-state index in [1.165, 1.54) is 4.90 Å². The number of carbonyl (C=O) groups excluding carboxylic acids is 1. The van der Waals surface area contributed by atoms with Crippen molar-refractivity contribution >= 4 is 23.3 Å². The van der Waals surface area contributed by atoms with E-state index in [-0.39, 0.29) is 6.03 Å². The van der Waals surface area contributed by atoms with E-state index in [0.29, 0.717) is 24.9 Å². The summed E-state index contributed by atoms with van der Waals surface area (Å²) in [5, 5.41) is 14.2. The fourth-order valence-corrected chi connectivity index (χ4v) is 3.71. The lowest BCUT2D eigenvalue weighted by atomic mass is 10.0. The van der Waals surface area contributed by atoms with Gasteiger partial charge in [-0.25, -0.2) is 9.59 Å². The number of rotatable bonds is 3. The Bertz CT molecular complexity index is 542. The summed E-state index contributed by atoms with van der Waals surface area (Å²) in [6, 6.07) is 0.719. The van der Waals surface area contributed by atoms with E-state index in [2.05, 4.69) is 12.2 Å². The number of hydrogen-bond acceptors (Lipinski definition) is 3. The van der Waals surface area contributed by atoms with Gasteiger partial charge in [-0.15, -0.1) is 11.3 Å². The molecule has 5 nitrogen and oxygen atoms in total. The quantitative estimate of drug-likeness (QED) is 0.897. The van der Waals surface area contributed by atoms with E-state index < -0.39 is 12.0 Å². The van der Waals surface area contributed by atoms with E-state index in [1.54, 1.807) is 11.3 Å². The van der Waals surface area contributed by atoms with Crippen LogP contribution in [0.2, 0.25) is 0 Å². The van der Waals surface area contributed by atoms with Crippen molar-refractivity contribution in [1.82, 2.24) is 10.2 Å². The Hall–Kier alpha value is -1.56. The van der Waals surface area contributed by atoms with E-state index in [1.807, 2.05) is 11.4 Å². The molecule has 2 N–H and O–H groups in total. The Labute approximate surface area is 121 Å². The summed E-state index contributed by atoms with van der Waals surface area (Å²) in [6.45, 7) is 3.28. The maximum Gasteiger partial charge on any atom is 0.331 e. The molecule has 6 heteroatoms. The number of fused-ring (bicyclic) bond motifs is 1. The molecule has 1 aliphatic heterocycles. The molecule has 0 saturated heterocycles. The second kappa shape index (κ2) is 5.09. The summed E-state index contributed by atoms with van der Waals surface area (Å²) in [4.78, 5) is 26.3. The average Bonchev–Trinajstić information content (AvgIpc) is 2.92. The molecule has 0 bridgehead atoms. The van der Waals surface area contributed by atoms with E-state index in [4.69, 9.17) is 0 Å². The molecule has 2 amide bonds. The number of carboxylic acids is 1. The second-order valence-corrected chi connectivity index (χ2v) is 6.64. The van der Waals surface area contributed by atoms with Crippen LogP contribution in [0.25, 0.3) is 0 Å².